The molecule has 0 heterocycles. The van der Waals surface area contributed by atoms with E-state index in [1.165, 1.54) is 0 Å². The van der Waals surface area contributed by atoms with Gasteiger partial charge < -0.3 is 4.23 Å². The van der Waals surface area contributed by atoms with Crippen molar-refractivity contribution in [3.8, 4) is 0 Å². The van der Waals surface area contributed by atoms with Crippen molar-refractivity contribution >= 4 is 17.2 Å². The maximum absolute atomic E-state index is 2.59. The van der Waals surface area contributed by atoms with Gasteiger partial charge in [0.15, 0.2) is 0 Å². The van der Waals surface area contributed by atoms with E-state index in [9.17, 15) is 0 Å². The van der Waals surface area contributed by atoms with E-state index in [0.29, 0.717) is 0 Å². The molecule has 55 valence electrons. The fourth-order valence-corrected chi connectivity index (χ4v) is 6.04. The molecule has 0 aromatic carbocycles. The Bertz CT molecular complexity index is 90.2. The predicted molar refractivity (Wildman–Crippen MR) is 48.6 cm³/mol. The van der Waals surface area contributed by atoms with Gasteiger partial charge in [0.1, 0.15) is 17.2 Å². The van der Waals surface area contributed by atoms with Crippen LogP contribution in [0, 0.1) is 0 Å². The molecule has 10 heavy (non-hydrogen) atoms. The zero-order chi connectivity index (χ0) is 7.65. The molecule has 0 spiro atoms. The van der Waals surface area contributed by atoms with Gasteiger partial charge in [0.2, 0.25) is 0 Å². The van der Waals surface area contributed by atoms with Crippen molar-refractivity contribution in [2.45, 2.75) is 32.7 Å². The second-order valence-electron chi connectivity index (χ2n) is 3.68. The van der Waals surface area contributed by atoms with E-state index in [4.69, 9.17) is 0 Å². The Balaban J connectivity index is 0. The molecule has 0 saturated carbocycles. The third kappa shape index (κ3) is 5.10. The van der Waals surface area contributed by atoms with Crippen LogP contribution in [0.2, 0.25) is 32.7 Å². The Kier molecular flexibility index (Phi) is 7.13. The predicted octanol–water partition coefficient (Wildman–Crippen LogP) is -0.992. The zero-order valence-electron chi connectivity index (χ0n) is 8.45. The Hall–Kier alpha value is 1.39. The average molecular weight is 183 g/mol. The summed E-state index contributed by atoms with van der Waals surface area (Å²) in [6, 6.07) is 0. The second kappa shape index (κ2) is 5.11. The molecule has 0 aliphatic heterocycles. The Morgan fingerprint density at radius 2 is 1.40 bits per heavy atom. The normalized spacial score (nSPS) is 12.0. The molecule has 4 heteroatoms. The third-order valence-corrected chi connectivity index (χ3v) is 8.39. The fraction of sp³-hybridized carbons (Fsp3) is 1.00. The van der Waals surface area contributed by atoms with Crippen molar-refractivity contribution in [2.75, 3.05) is 7.05 Å². The summed E-state index contributed by atoms with van der Waals surface area (Å²) < 4.78 is 2.59. The summed E-state index contributed by atoms with van der Waals surface area (Å²) in [5.41, 5.74) is 0. The second-order valence-corrected chi connectivity index (χ2v) is 11.7. The molecule has 0 saturated heterocycles. The van der Waals surface area contributed by atoms with Gasteiger partial charge >= 0.3 is 29.6 Å². The van der Waals surface area contributed by atoms with Crippen molar-refractivity contribution in [3.63, 3.8) is 0 Å². The minimum atomic E-state index is -0.945. The zero-order valence-corrected chi connectivity index (χ0v) is 12.4. The molecule has 0 rings (SSSR count). The minimum absolute atomic E-state index is 0. The molecule has 0 bridgehead atoms. The van der Waals surface area contributed by atoms with Crippen LogP contribution >= 0.6 is 0 Å². The van der Waals surface area contributed by atoms with Crippen LogP contribution in [0.15, 0.2) is 0 Å². The van der Waals surface area contributed by atoms with Crippen molar-refractivity contribution in [2.24, 2.45) is 0 Å². The first-order valence-corrected chi connectivity index (χ1v) is 9.29. The van der Waals surface area contributed by atoms with Crippen LogP contribution in [0.1, 0.15) is 0 Å². The Labute approximate surface area is 90.3 Å². The molecule has 0 fully saturated rings. The summed E-state index contributed by atoms with van der Waals surface area (Å²) in [4.78, 5) is 0. The topological polar surface area (TPSA) is 3.24 Å². The average Bonchev–Trinajstić information content (AvgIpc) is 1.62. The van der Waals surface area contributed by atoms with Gasteiger partial charge in [-0.15, -0.1) is 0 Å². The van der Waals surface area contributed by atoms with Crippen LogP contribution < -0.4 is 29.6 Å². The largest absolute Gasteiger partial charge is 1.00 e. The molecule has 1 nitrogen and oxygen atoms in total. The summed E-state index contributed by atoms with van der Waals surface area (Å²) >= 11 is 0. The van der Waals surface area contributed by atoms with E-state index in [0.717, 1.165) is 0 Å². The molecular weight excluding hydrogens is 165 g/mol. The van der Waals surface area contributed by atoms with Crippen molar-refractivity contribution in [3.05, 3.63) is 0 Å². The molecule has 0 N–H and O–H groups in total. The van der Waals surface area contributed by atoms with Gasteiger partial charge in [-0.3, -0.25) is 0 Å². The molecule has 0 aromatic heterocycles. The van der Waals surface area contributed by atoms with Gasteiger partial charge in [0.25, 0.3) is 0 Å². The summed E-state index contributed by atoms with van der Waals surface area (Å²) in [6.45, 7) is 11.9. The Morgan fingerprint density at radius 1 is 1.10 bits per heavy atom. The summed E-state index contributed by atoms with van der Waals surface area (Å²) in [6.07, 6.45) is 0. The van der Waals surface area contributed by atoms with E-state index in [1.807, 2.05) is 0 Å². The number of hydrogen-bond donors (Lipinski definition) is 0. The SMILES string of the molecule is CN([Si](C)C)[Si](C)(C)C.[Na+]. The van der Waals surface area contributed by atoms with E-state index < -0.39 is 8.24 Å². The van der Waals surface area contributed by atoms with Crippen LogP contribution in [0.3, 0.4) is 0 Å². The molecule has 0 aromatic rings. The van der Waals surface area contributed by atoms with Gasteiger partial charge in [-0.05, 0) is 7.05 Å². The van der Waals surface area contributed by atoms with Crippen molar-refractivity contribution in [1.82, 2.24) is 4.23 Å². The maximum Gasteiger partial charge on any atom is 1.00 e. The first kappa shape index (κ1) is 13.9. The van der Waals surface area contributed by atoms with Gasteiger partial charge in [-0.25, -0.2) is 0 Å². The van der Waals surface area contributed by atoms with E-state index >= 15 is 0 Å². The van der Waals surface area contributed by atoms with Crippen LogP contribution in [0.5, 0.6) is 0 Å². The van der Waals surface area contributed by atoms with E-state index in [2.05, 4.69) is 44.0 Å². The van der Waals surface area contributed by atoms with Crippen LogP contribution in [0.4, 0.5) is 0 Å². The summed E-state index contributed by atoms with van der Waals surface area (Å²) in [7, 11) is 1.14. The smallest absolute Gasteiger partial charge is 0.349 e. The molecule has 0 aliphatic rings. The number of nitrogens with zero attached hydrogens (tertiary/aromatic N) is 1. The quantitative estimate of drug-likeness (QED) is 0.497. The first-order valence-electron chi connectivity index (χ1n) is 3.39. The number of hydrogen-bond acceptors (Lipinski definition) is 1. The van der Waals surface area contributed by atoms with E-state index in [1.54, 1.807) is 0 Å². The van der Waals surface area contributed by atoms with Crippen LogP contribution in [0.25, 0.3) is 0 Å². The van der Waals surface area contributed by atoms with Gasteiger partial charge in [-0.1, -0.05) is 32.7 Å². The fourth-order valence-electron chi connectivity index (χ4n) is 0.671. The molecular formula is C6H18NNaSi2+. The minimum Gasteiger partial charge on any atom is -0.349 e. The van der Waals surface area contributed by atoms with Gasteiger partial charge in [0.05, 0.1) is 0 Å². The van der Waals surface area contributed by atoms with Gasteiger partial charge in [-0.2, -0.15) is 0 Å². The standard InChI is InChI=1S/C6H18NSi2.Na/c1-7(8(2)3)9(4,5)6;/h1-6H3;/q;+1. The van der Waals surface area contributed by atoms with Crippen molar-refractivity contribution < 1.29 is 29.6 Å². The van der Waals surface area contributed by atoms with Crippen molar-refractivity contribution in [1.29, 1.82) is 0 Å². The summed E-state index contributed by atoms with van der Waals surface area (Å²) in [5, 5.41) is 0. The number of rotatable bonds is 2. The molecule has 0 aliphatic carbocycles. The third-order valence-electron chi connectivity index (χ3n) is 1.68. The molecule has 0 unspecified atom stereocenters. The van der Waals surface area contributed by atoms with Crippen LogP contribution in [-0.4, -0.2) is 28.5 Å². The van der Waals surface area contributed by atoms with Gasteiger partial charge in [0, 0.05) is 0 Å². The summed E-state index contributed by atoms with van der Waals surface area (Å²) in [5.74, 6) is 0. The monoisotopic (exact) mass is 183 g/mol. The van der Waals surface area contributed by atoms with Crippen LogP contribution in [-0.2, 0) is 0 Å². The molecule has 0 atom stereocenters. The van der Waals surface area contributed by atoms with E-state index in [-0.39, 0.29) is 38.5 Å². The maximum atomic E-state index is 2.59. The first-order chi connectivity index (χ1) is 3.85. The molecule has 1 radical (unpaired) electrons. The molecule has 0 amide bonds. The Morgan fingerprint density at radius 3 is 1.40 bits per heavy atom.